The van der Waals surface area contributed by atoms with Gasteiger partial charge in [0, 0.05) is 6.07 Å². The minimum atomic E-state index is -0.749. The standard InChI is InChI=1S/C9H8ClN3O5/c1-18-7(14)4-12-9(15)6-2-5(13(16)17)3-11-8(6)10/h2-3H,4H2,1H3,(H,12,15). The van der Waals surface area contributed by atoms with Crippen LogP contribution in [0.3, 0.4) is 0 Å². The molecule has 1 N–H and O–H groups in total. The third-order valence-corrected chi connectivity index (χ3v) is 2.20. The Bertz CT molecular complexity index is 505. The van der Waals surface area contributed by atoms with E-state index in [1.165, 1.54) is 0 Å². The van der Waals surface area contributed by atoms with Crippen molar-refractivity contribution >= 4 is 29.2 Å². The second kappa shape index (κ2) is 5.92. The lowest BCUT2D eigenvalue weighted by molar-refractivity contribution is -0.385. The van der Waals surface area contributed by atoms with Crippen LogP contribution in [0.25, 0.3) is 0 Å². The van der Waals surface area contributed by atoms with Gasteiger partial charge in [0.25, 0.3) is 11.6 Å². The minimum absolute atomic E-state index is 0.185. The van der Waals surface area contributed by atoms with E-state index in [4.69, 9.17) is 11.6 Å². The molecule has 96 valence electrons. The lowest BCUT2D eigenvalue weighted by Crippen LogP contribution is -2.30. The second-order valence-electron chi connectivity index (χ2n) is 3.05. The average Bonchev–Trinajstić information content (AvgIpc) is 2.35. The Kier molecular flexibility index (Phi) is 4.55. The van der Waals surface area contributed by atoms with Crippen LogP contribution in [-0.2, 0) is 9.53 Å². The van der Waals surface area contributed by atoms with Crippen molar-refractivity contribution in [2.45, 2.75) is 0 Å². The number of methoxy groups -OCH3 is 1. The van der Waals surface area contributed by atoms with Gasteiger partial charge in [-0.05, 0) is 0 Å². The molecule has 0 radical (unpaired) electrons. The Balaban J connectivity index is 2.87. The van der Waals surface area contributed by atoms with Crippen LogP contribution in [0.4, 0.5) is 5.69 Å². The number of pyridine rings is 1. The number of hydrogen-bond donors (Lipinski definition) is 1. The molecule has 0 spiro atoms. The van der Waals surface area contributed by atoms with Gasteiger partial charge in [-0.1, -0.05) is 11.6 Å². The van der Waals surface area contributed by atoms with Crippen molar-refractivity contribution in [1.29, 1.82) is 0 Å². The summed E-state index contributed by atoms with van der Waals surface area (Å²) >= 11 is 5.63. The molecule has 0 unspecified atom stereocenters. The minimum Gasteiger partial charge on any atom is -0.468 e. The Labute approximate surface area is 106 Å². The summed E-state index contributed by atoms with van der Waals surface area (Å²) in [7, 11) is 1.16. The van der Waals surface area contributed by atoms with E-state index in [2.05, 4.69) is 15.0 Å². The number of amides is 1. The first-order chi connectivity index (χ1) is 8.45. The number of hydrogen-bond acceptors (Lipinski definition) is 6. The van der Waals surface area contributed by atoms with E-state index < -0.39 is 16.8 Å². The van der Waals surface area contributed by atoms with Gasteiger partial charge in [-0.15, -0.1) is 0 Å². The first-order valence-electron chi connectivity index (χ1n) is 4.60. The molecule has 0 aliphatic carbocycles. The largest absolute Gasteiger partial charge is 0.468 e. The molecule has 0 saturated heterocycles. The van der Waals surface area contributed by atoms with E-state index in [9.17, 15) is 19.7 Å². The first kappa shape index (κ1) is 13.8. The number of rotatable bonds is 4. The van der Waals surface area contributed by atoms with Crippen molar-refractivity contribution in [2.24, 2.45) is 0 Å². The van der Waals surface area contributed by atoms with Crippen LogP contribution < -0.4 is 5.32 Å². The van der Waals surface area contributed by atoms with Gasteiger partial charge < -0.3 is 10.1 Å². The maximum Gasteiger partial charge on any atom is 0.325 e. The Morgan fingerprint density at radius 1 is 1.61 bits per heavy atom. The number of nitro groups is 1. The van der Waals surface area contributed by atoms with Crippen molar-refractivity contribution in [3.63, 3.8) is 0 Å². The number of nitrogens with zero attached hydrogens (tertiary/aromatic N) is 2. The third kappa shape index (κ3) is 3.39. The molecule has 1 heterocycles. The van der Waals surface area contributed by atoms with Crippen LogP contribution in [0.2, 0.25) is 5.15 Å². The SMILES string of the molecule is COC(=O)CNC(=O)c1cc([N+](=O)[O-])cnc1Cl. The first-order valence-corrected chi connectivity index (χ1v) is 4.98. The normalized spacial score (nSPS) is 9.67. The monoisotopic (exact) mass is 273 g/mol. The summed E-state index contributed by atoms with van der Waals surface area (Å²) in [6.45, 7) is -0.367. The number of ether oxygens (including phenoxy) is 1. The number of carbonyl (C=O) groups is 2. The second-order valence-corrected chi connectivity index (χ2v) is 3.41. The molecular formula is C9H8ClN3O5. The molecule has 0 bridgehead atoms. The van der Waals surface area contributed by atoms with Crippen LogP contribution in [0.15, 0.2) is 12.3 Å². The van der Waals surface area contributed by atoms with Crippen LogP contribution in [0, 0.1) is 10.1 Å². The molecule has 1 rings (SSSR count). The van der Waals surface area contributed by atoms with Crippen molar-refractivity contribution in [3.05, 3.63) is 33.1 Å². The molecule has 0 fully saturated rings. The third-order valence-electron chi connectivity index (χ3n) is 1.90. The summed E-state index contributed by atoms with van der Waals surface area (Å²) in [5.74, 6) is -1.40. The smallest absolute Gasteiger partial charge is 0.325 e. The van der Waals surface area contributed by atoms with Crippen LogP contribution in [-0.4, -0.2) is 35.4 Å². The van der Waals surface area contributed by atoms with Crippen molar-refractivity contribution in [3.8, 4) is 0 Å². The maximum atomic E-state index is 11.6. The van der Waals surface area contributed by atoms with Gasteiger partial charge in [-0.25, -0.2) is 4.98 Å². The predicted octanol–water partition coefficient (Wildman–Crippen LogP) is 0.546. The highest BCUT2D eigenvalue weighted by atomic mass is 35.5. The molecule has 8 nitrogen and oxygen atoms in total. The molecule has 0 saturated carbocycles. The van der Waals surface area contributed by atoms with E-state index >= 15 is 0 Å². The van der Waals surface area contributed by atoms with Gasteiger partial charge in [0.2, 0.25) is 0 Å². The van der Waals surface area contributed by atoms with Crippen LogP contribution in [0.1, 0.15) is 10.4 Å². The van der Waals surface area contributed by atoms with Gasteiger partial charge in [0.15, 0.2) is 0 Å². The number of esters is 1. The Hall–Kier alpha value is -2.22. The predicted molar refractivity (Wildman–Crippen MR) is 60.3 cm³/mol. The van der Waals surface area contributed by atoms with Gasteiger partial charge in [-0.3, -0.25) is 19.7 Å². The van der Waals surface area contributed by atoms with Crippen LogP contribution in [0.5, 0.6) is 0 Å². The average molecular weight is 274 g/mol. The molecule has 0 aromatic carbocycles. The molecule has 0 aliphatic rings. The molecule has 0 atom stereocenters. The zero-order valence-corrected chi connectivity index (χ0v) is 9.93. The summed E-state index contributed by atoms with van der Waals surface area (Å²) in [5, 5.41) is 12.5. The highest BCUT2D eigenvalue weighted by Gasteiger charge is 2.17. The van der Waals surface area contributed by atoms with Crippen molar-refractivity contribution in [2.75, 3.05) is 13.7 Å². The fraction of sp³-hybridized carbons (Fsp3) is 0.222. The summed E-state index contributed by atoms with van der Waals surface area (Å²) < 4.78 is 4.32. The summed E-state index contributed by atoms with van der Waals surface area (Å²) in [4.78, 5) is 35.7. The van der Waals surface area contributed by atoms with E-state index in [-0.39, 0.29) is 22.9 Å². The lowest BCUT2D eigenvalue weighted by Gasteiger charge is -2.04. The zero-order valence-electron chi connectivity index (χ0n) is 9.18. The molecule has 9 heteroatoms. The van der Waals surface area contributed by atoms with Gasteiger partial charge in [0.05, 0.1) is 17.6 Å². The number of aromatic nitrogens is 1. The number of halogens is 1. The molecule has 1 aromatic heterocycles. The van der Waals surface area contributed by atoms with E-state index in [0.29, 0.717) is 0 Å². The number of nitrogens with one attached hydrogen (secondary N) is 1. The topological polar surface area (TPSA) is 111 Å². The summed E-state index contributed by atoms with van der Waals surface area (Å²) in [6.07, 6.45) is 0.930. The van der Waals surface area contributed by atoms with Crippen molar-refractivity contribution in [1.82, 2.24) is 10.3 Å². The fourth-order valence-corrected chi connectivity index (χ4v) is 1.21. The molecular weight excluding hydrogens is 266 g/mol. The molecule has 0 aliphatic heterocycles. The molecule has 18 heavy (non-hydrogen) atoms. The van der Waals surface area contributed by atoms with E-state index in [1.807, 2.05) is 0 Å². The Morgan fingerprint density at radius 2 is 2.28 bits per heavy atom. The van der Waals surface area contributed by atoms with Gasteiger partial charge in [0.1, 0.15) is 17.9 Å². The van der Waals surface area contributed by atoms with E-state index in [0.717, 1.165) is 19.4 Å². The van der Waals surface area contributed by atoms with Gasteiger partial charge >= 0.3 is 5.97 Å². The van der Waals surface area contributed by atoms with E-state index in [1.54, 1.807) is 0 Å². The molecule has 1 aromatic rings. The highest BCUT2D eigenvalue weighted by molar-refractivity contribution is 6.32. The maximum absolute atomic E-state index is 11.6. The quantitative estimate of drug-likeness (QED) is 0.371. The summed E-state index contributed by atoms with van der Waals surface area (Å²) in [5.41, 5.74) is -0.558. The van der Waals surface area contributed by atoms with Gasteiger partial charge in [-0.2, -0.15) is 0 Å². The fourth-order valence-electron chi connectivity index (χ4n) is 1.02. The van der Waals surface area contributed by atoms with Crippen molar-refractivity contribution < 1.29 is 19.2 Å². The zero-order chi connectivity index (χ0) is 13.7. The lowest BCUT2D eigenvalue weighted by atomic mass is 10.2. The molecule has 1 amide bonds. The number of carbonyl (C=O) groups excluding carboxylic acids is 2. The highest BCUT2D eigenvalue weighted by Crippen LogP contribution is 2.18. The Morgan fingerprint density at radius 3 is 2.83 bits per heavy atom. The summed E-state index contributed by atoms with van der Waals surface area (Å²) in [6, 6.07) is 0.974. The van der Waals surface area contributed by atoms with Crippen LogP contribution >= 0.6 is 11.6 Å².